The van der Waals surface area contributed by atoms with Crippen molar-refractivity contribution in [2.45, 2.75) is 26.8 Å². The van der Waals surface area contributed by atoms with Crippen LogP contribution < -0.4 is 0 Å². The van der Waals surface area contributed by atoms with E-state index in [1.54, 1.807) is 0 Å². The van der Waals surface area contributed by atoms with Crippen molar-refractivity contribution < 1.29 is 9.90 Å². The fraction of sp³-hybridized carbons (Fsp3) is 0.533. The van der Waals surface area contributed by atoms with E-state index < -0.39 is 5.97 Å². The normalized spacial score (nSPS) is 20.2. The van der Waals surface area contributed by atoms with Gasteiger partial charge in [0.15, 0.2) is 0 Å². The van der Waals surface area contributed by atoms with Crippen molar-refractivity contribution in [3.05, 3.63) is 35.4 Å². The zero-order chi connectivity index (χ0) is 13.3. The molecule has 3 heteroatoms. The Hall–Kier alpha value is -1.35. The quantitative estimate of drug-likeness (QED) is 0.889. The van der Waals surface area contributed by atoms with Gasteiger partial charge in [-0.05, 0) is 30.9 Å². The number of aliphatic carboxylic acids is 1. The summed E-state index contributed by atoms with van der Waals surface area (Å²) in [6, 6.07) is 8.78. The molecule has 1 saturated heterocycles. The molecule has 18 heavy (non-hydrogen) atoms. The van der Waals surface area contributed by atoms with Crippen molar-refractivity contribution in [1.29, 1.82) is 0 Å². The Kier molecular flexibility index (Phi) is 3.71. The van der Waals surface area contributed by atoms with E-state index >= 15 is 0 Å². The van der Waals surface area contributed by atoms with Crippen LogP contribution in [0.1, 0.15) is 31.0 Å². The van der Waals surface area contributed by atoms with Gasteiger partial charge in [0.2, 0.25) is 0 Å². The number of aryl methyl sites for hydroxylation is 1. The molecule has 3 nitrogen and oxygen atoms in total. The van der Waals surface area contributed by atoms with Crippen molar-refractivity contribution in [2.75, 3.05) is 13.1 Å². The van der Waals surface area contributed by atoms with Crippen LogP contribution in [0.2, 0.25) is 0 Å². The molecule has 1 aliphatic heterocycles. The SMILES string of the molecule is Cc1ccccc1C(C)N1CC(C(C)C(=O)O)C1. The van der Waals surface area contributed by atoms with E-state index in [1.165, 1.54) is 11.1 Å². The minimum Gasteiger partial charge on any atom is -0.481 e. The summed E-state index contributed by atoms with van der Waals surface area (Å²) in [5.41, 5.74) is 2.65. The zero-order valence-corrected chi connectivity index (χ0v) is 11.3. The number of nitrogens with zero attached hydrogens (tertiary/aromatic N) is 1. The molecule has 0 saturated carbocycles. The van der Waals surface area contributed by atoms with Crippen molar-refractivity contribution in [2.24, 2.45) is 11.8 Å². The lowest BCUT2D eigenvalue weighted by atomic mass is 9.85. The van der Waals surface area contributed by atoms with Crippen molar-refractivity contribution in [3.8, 4) is 0 Å². The first-order valence-corrected chi connectivity index (χ1v) is 6.53. The molecule has 0 spiro atoms. The van der Waals surface area contributed by atoms with E-state index in [0.29, 0.717) is 12.0 Å². The lowest BCUT2D eigenvalue weighted by molar-refractivity contribution is -0.146. The minimum atomic E-state index is -0.678. The molecule has 1 fully saturated rings. The van der Waals surface area contributed by atoms with Crippen molar-refractivity contribution in [3.63, 3.8) is 0 Å². The predicted molar refractivity (Wildman–Crippen MR) is 71.5 cm³/mol. The van der Waals surface area contributed by atoms with Gasteiger partial charge in [-0.15, -0.1) is 0 Å². The van der Waals surface area contributed by atoms with Gasteiger partial charge in [-0.2, -0.15) is 0 Å². The number of hydrogen-bond acceptors (Lipinski definition) is 2. The summed E-state index contributed by atoms with van der Waals surface area (Å²) in [4.78, 5) is 13.3. The third kappa shape index (κ3) is 2.41. The van der Waals surface area contributed by atoms with Gasteiger partial charge in [0.25, 0.3) is 0 Å². The first-order chi connectivity index (χ1) is 8.50. The Morgan fingerprint density at radius 2 is 1.94 bits per heavy atom. The Labute approximate surface area is 108 Å². The van der Waals surface area contributed by atoms with E-state index in [9.17, 15) is 4.79 Å². The molecule has 0 radical (unpaired) electrons. The highest BCUT2D eigenvalue weighted by molar-refractivity contribution is 5.70. The van der Waals surface area contributed by atoms with Gasteiger partial charge >= 0.3 is 5.97 Å². The van der Waals surface area contributed by atoms with Crippen LogP contribution in [0.15, 0.2) is 24.3 Å². The molecule has 2 atom stereocenters. The topological polar surface area (TPSA) is 40.5 Å². The summed E-state index contributed by atoms with van der Waals surface area (Å²) in [6.07, 6.45) is 0. The van der Waals surface area contributed by atoms with E-state index in [0.717, 1.165) is 13.1 Å². The Morgan fingerprint density at radius 3 is 2.50 bits per heavy atom. The molecule has 0 bridgehead atoms. The van der Waals surface area contributed by atoms with E-state index in [4.69, 9.17) is 5.11 Å². The molecule has 1 N–H and O–H groups in total. The van der Waals surface area contributed by atoms with Gasteiger partial charge in [-0.25, -0.2) is 0 Å². The van der Waals surface area contributed by atoms with Crippen LogP contribution in [-0.4, -0.2) is 29.1 Å². The molecule has 1 heterocycles. The summed E-state index contributed by atoms with van der Waals surface area (Å²) in [6.45, 7) is 7.92. The third-order valence-corrected chi connectivity index (χ3v) is 4.22. The van der Waals surface area contributed by atoms with Crippen LogP contribution in [0.3, 0.4) is 0 Å². The predicted octanol–water partition coefficient (Wildman–Crippen LogP) is 2.71. The second-order valence-electron chi connectivity index (χ2n) is 5.37. The average molecular weight is 247 g/mol. The summed E-state index contributed by atoms with van der Waals surface area (Å²) in [7, 11) is 0. The lowest BCUT2D eigenvalue weighted by Gasteiger charge is -2.45. The smallest absolute Gasteiger partial charge is 0.306 e. The average Bonchev–Trinajstić information content (AvgIpc) is 2.27. The maximum absolute atomic E-state index is 10.9. The van der Waals surface area contributed by atoms with E-state index in [-0.39, 0.29) is 5.92 Å². The highest BCUT2D eigenvalue weighted by Gasteiger charge is 2.37. The maximum Gasteiger partial charge on any atom is 0.306 e. The molecular weight excluding hydrogens is 226 g/mol. The standard InChI is InChI=1S/C15H21NO2/c1-10-6-4-5-7-14(10)12(3)16-8-13(9-16)11(2)15(17)18/h4-7,11-13H,8-9H2,1-3H3,(H,17,18). The van der Waals surface area contributed by atoms with Crippen LogP contribution in [0, 0.1) is 18.8 Å². The lowest BCUT2D eigenvalue weighted by Crippen LogP contribution is -2.51. The Balaban J connectivity index is 1.96. The third-order valence-electron chi connectivity index (χ3n) is 4.22. The largest absolute Gasteiger partial charge is 0.481 e. The highest BCUT2D eigenvalue weighted by atomic mass is 16.4. The molecule has 1 aromatic carbocycles. The van der Waals surface area contributed by atoms with E-state index in [2.05, 4.69) is 43.0 Å². The molecule has 0 aromatic heterocycles. The van der Waals surface area contributed by atoms with Gasteiger partial charge in [0.05, 0.1) is 5.92 Å². The molecule has 2 unspecified atom stereocenters. The van der Waals surface area contributed by atoms with Crippen LogP contribution in [0.5, 0.6) is 0 Å². The Morgan fingerprint density at radius 1 is 1.33 bits per heavy atom. The van der Waals surface area contributed by atoms with Crippen LogP contribution in [0.25, 0.3) is 0 Å². The highest BCUT2D eigenvalue weighted by Crippen LogP contribution is 2.33. The fourth-order valence-corrected chi connectivity index (χ4v) is 2.64. The number of carboxylic acid groups (broad SMARTS) is 1. The molecule has 1 aromatic rings. The summed E-state index contributed by atoms with van der Waals surface area (Å²) in [5.74, 6) is -0.609. The Bertz CT molecular complexity index is 438. The van der Waals surface area contributed by atoms with Crippen molar-refractivity contribution >= 4 is 5.97 Å². The summed E-state index contributed by atoms with van der Waals surface area (Å²) >= 11 is 0. The first kappa shape index (κ1) is 13.1. The number of likely N-dealkylation sites (tertiary alicyclic amines) is 1. The second kappa shape index (κ2) is 5.11. The van der Waals surface area contributed by atoms with Gasteiger partial charge < -0.3 is 5.11 Å². The zero-order valence-electron chi connectivity index (χ0n) is 11.3. The molecule has 0 aliphatic carbocycles. The van der Waals surface area contributed by atoms with Gasteiger partial charge in [0, 0.05) is 19.1 Å². The second-order valence-corrected chi connectivity index (χ2v) is 5.37. The first-order valence-electron chi connectivity index (χ1n) is 6.53. The minimum absolute atomic E-state index is 0.231. The van der Waals surface area contributed by atoms with E-state index in [1.807, 2.05) is 6.92 Å². The number of carboxylic acids is 1. The van der Waals surface area contributed by atoms with Gasteiger partial charge in [-0.3, -0.25) is 9.69 Å². The molecule has 1 aliphatic rings. The monoisotopic (exact) mass is 247 g/mol. The summed E-state index contributed by atoms with van der Waals surface area (Å²) in [5, 5.41) is 8.98. The number of benzene rings is 1. The number of hydrogen-bond donors (Lipinski definition) is 1. The molecule has 2 rings (SSSR count). The van der Waals surface area contributed by atoms with Crippen molar-refractivity contribution in [1.82, 2.24) is 4.90 Å². The van der Waals surface area contributed by atoms with Crippen LogP contribution in [0.4, 0.5) is 0 Å². The fourth-order valence-electron chi connectivity index (χ4n) is 2.64. The molecular formula is C15H21NO2. The summed E-state index contributed by atoms with van der Waals surface area (Å²) < 4.78 is 0. The van der Waals surface area contributed by atoms with Gasteiger partial charge in [-0.1, -0.05) is 31.2 Å². The van der Waals surface area contributed by atoms with Gasteiger partial charge in [0.1, 0.15) is 0 Å². The molecule has 0 amide bonds. The van der Waals surface area contributed by atoms with Crippen LogP contribution >= 0.6 is 0 Å². The number of rotatable bonds is 4. The number of carbonyl (C=O) groups is 1. The maximum atomic E-state index is 10.9. The molecule has 98 valence electrons. The van der Waals surface area contributed by atoms with Crippen LogP contribution in [-0.2, 0) is 4.79 Å².